The number of fused-ring (bicyclic) bond motifs is 1. The van der Waals surface area contributed by atoms with Crippen molar-refractivity contribution in [3.05, 3.63) is 66.9 Å². The Balaban J connectivity index is 2.32. The average Bonchev–Trinajstić information content (AvgIpc) is 2.39. The van der Waals surface area contributed by atoms with E-state index in [1.165, 1.54) is 16.5 Å². The van der Waals surface area contributed by atoms with Gasteiger partial charge in [-0.25, -0.2) is 4.98 Å². The van der Waals surface area contributed by atoms with Gasteiger partial charge in [-0.3, -0.25) is 0 Å². The fourth-order valence-corrected chi connectivity index (χ4v) is 1.90. The quantitative estimate of drug-likeness (QED) is 0.589. The summed E-state index contributed by atoms with van der Waals surface area (Å²) >= 11 is 0. The number of nitrogens with zero attached hydrogens (tertiary/aromatic N) is 1. The third-order valence-corrected chi connectivity index (χ3v) is 2.67. The highest BCUT2D eigenvalue weighted by Gasteiger charge is 2.02. The smallest absolute Gasteiger partial charge is 0.0900 e. The van der Waals surface area contributed by atoms with Crippen LogP contribution in [0.2, 0.25) is 0 Å². The highest BCUT2D eigenvalue weighted by Crippen LogP contribution is 2.26. The van der Waals surface area contributed by atoms with Crippen molar-refractivity contribution in [2.24, 2.45) is 0 Å². The summed E-state index contributed by atoms with van der Waals surface area (Å²) < 4.78 is 0. The number of hydrogen-bond acceptors (Lipinski definition) is 1. The first-order valence-electron chi connectivity index (χ1n) is 5.26. The second kappa shape index (κ2) is 3.78. The van der Waals surface area contributed by atoms with Gasteiger partial charge in [-0.2, -0.15) is 0 Å². The molecule has 0 atom stereocenters. The van der Waals surface area contributed by atoms with Crippen molar-refractivity contribution < 1.29 is 0 Å². The van der Waals surface area contributed by atoms with Crippen LogP contribution in [-0.2, 0) is 0 Å². The van der Waals surface area contributed by atoms with Gasteiger partial charge in [0, 0.05) is 5.39 Å². The zero-order chi connectivity index (χ0) is 10.8. The number of hydrogen-bond donors (Lipinski definition) is 0. The first-order valence-corrected chi connectivity index (χ1v) is 5.26. The van der Waals surface area contributed by atoms with E-state index in [1.54, 1.807) is 0 Å². The minimum absolute atomic E-state index is 0.990. The maximum Gasteiger partial charge on any atom is 0.0900 e. The highest BCUT2D eigenvalue weighted by atomic mass is 14.6. The van der Waals surface area contributed by atoms with Gasteiger partial charge in [-0.15, -0.1) is 0 Å². The molecule has 0 spiro atoms. The van der Waals surface area contributed by atoms with E-state index in [0.717, 1.165) is 5.52 Å². The topological polar surface area (TPSA) is 12.9 Å². The fourth-order valence-electron chi connectivity index (χ4n) is 1.90. The lowest BCUT2D eigenvalue weighted by Gasteiger charge is -2.05. The predicted molar refractivity (Wildman–Crippen MR) is 66.0 cm³/mol. The maximum atomic E-state index is 4.24. The lowest BCUT2D eigenvalue weighted by molar-refractivity contribution is 1.39. The summed E-state index contributed by atoms with van der Waals surface area (Å²) in [5.74, 6) is 0. The van der Waals surface area contributed by atoms with Gasteiger partial charge in [-0.05, 0) is 23.3 Å². The molecule has 1 aromatic heterocycles. The summed E-state index contributed by atoms with van der Waals surface area (Å²) in [6.45, 7) is 0. The van der Waals surface area contributed by atoms with E-state index >= 15 is 0 Å². The molecule has 0 bridgehead atoms. The van der Waals surface area contributed by atoms with Gasteiger partial charge < -0.3 is 0 Å². The van der Waals surface area contributed by atoms with Crippen LogP contribution in [0.4, 0.5) is 0 Å². The lowest BCUT2D eigenvalue weighted by Crippen LogP contribution is -1.83. The molecule has 0 amide bonds. The van der Waals surface area contributed by atoms with Gasteiger partial charge in [0.25, 0.3) is 0 Å². The summed E-state index contributed by atoms with van der Waals surface area (Å²) in [6, 6.07) is 20.4. The van der Waals surface area contributed by atoms with E-state index in [-0.39, 0.29) is 0 Å². The normalized spacial score (nSPS) is 10.5. The van der Waals surface area contributed by atoms with E-state index in [0.29, 0.717) is 0 Å². The summed E-state index contributed by atoms with van der Waals surface area (Å²) in [5, 5.41) is 1.17. The van der Waals surface area contributed by atoms with Crippen molar-refractivity contribution in [2.45, 2.75) is 0 Å². The molecule has 0 aliphatic heterocycles. The van der Waals surface area contributed by atoms with Crippen LogP contribution in [0.1, 0.15) is 0 Å². The first-order chi connectivity index (χ1) is 7.95. The molecule has 1 heteroatoms. The Morgan fingerprint density at radius 3 is 2.44 bits per heavy atom. The molecule has 3 rings (SSSR count). The molecule has 3 aromatic rings. The average molecular weight is 204 g/mol. The van der Waals surface area contributed by atoms with Crippen LogP contribution >= 0.6 is 0 Å². The van der Waals surface area contributed by atoms with Gasteiger partial charge in [0.15, 0.2) is 0 Å². The van der Waals surface area contributed by atoms with Crippen LogP contribution in [-0.4, -0.2) is 4.98 Å². The molecular weight excluding hydrogens is 194 g/mol. The number of aromatic nitrogens is 1. The van der Waals surface area contributed by atoms with E-state index in [2.05, 4.69) is 29.4 Å². The number of rotatable bonds is 1. The van der Waals surface area contributed by atoms with Gasteiger partial charge in [0.2, 0.25) is 0 Å². The van der Waals surface area contributed by atoms with Gasteiger partial charge in [0.1, 0.15) is 0 Å². The Bertz CT molecular complexity index is 609. The molecule has 0 N–H and O–H groups in total. The molecule has 0 fully saturated rings. The molecule has 2 aromatic carbocycles. The molecule has 0 aliphatic rings. The second-order valence-corrected chi connectivity index (χ2v) is 3.68. The largest absolute Gasteiger partial charge is 0.246 e. The summed E-state index contributed by atoms with van der Waals surface area (Å²) in [5.41, 5.74) is 3.38. The Morgan fingerprint density at radius 2 is 1.56 bits per heavy atom. The van der Waals surface area contributed by atoms with Crippen LogP contribution in [0.5, 0.6) is 0 Å². The van der Waals surface area contributed by atoms with Crippen molar-refractivity contribution in [3.63, 3.8) is 0 Å². The van der Waals surface area contributed by atoms with Gasteiger partial charge in [0.05, 0.1) is 11.7 Å². The summed E-state index contributed by atoms with van der Waals surface area (Å²) in [7, 11) is 0. The van der Waals surface area contributed by atoms with Crippen LogP contribution in [0.3, 0.4) is 0 Å². The van der Waals surface area contributed by atoms with Crippen molar-refractivity contribution >= 4 is 10.9 Å². The third kappa shape index (κ3) is 1.47. The Kier molecular flexibility index (Phi) is 2.15. The van der Waals surface area contributed by atoms with Crippen molar-refractivity contribution in [1.82, 2.24) is 4.98 Å². The minimum Gasteiger partial charge on any atom is -0.246 e. The molecule has 0 unspecified atom stereocenters. The molecule has 1 nitrogen and oxygen atoms in total. The van der Waals surface area contributed by atoms with Crippen molar-refractivity contribution in [1.29, 1.82) is 0 Å². The van der Waals surface area contributed by atoms with Crippen LogP contribution in [0.15, 0.2) is 60.7 Å². The molecule has 0 saturated heterocycles. The number of pyridine rings is 1. The maximum absolute atomic E-state index is 4.24. The Morgan fingerprint density at radius 1 is 0.812 bits per heavy atom. The van der Waals surface area contributed by atoms with Crippen molar-refractivity contribution in [3.8, 4) is 11.1 Å². The second-order valence-electron chi connectivity index (χ2n) is 3.68. The molecule has 0 aliphatic carbocycles. The molecular formula is C15H10N. The number of benzene rings is 2. The van der Waals surface area contributed by atoms with Crippen LogP contribution in [0, 0.1) is 6.20 Å². The first kappa shape index (κ1) is 9.10. The lowest BCUT2D eigenvalue weighted by atomic mass is 10.0. The van der Waals surface area contributed by atoms with Gasteiger partial charge in [-0.1, -0.05) is 48.5 Å². The molecule has 16 heavy (non-hydrogen) atoms. The van der Waals surface area contributed by atoms with Crippen molar-refractivity contribution in [2.75, 3.05) is 0 Å². The molecule has 0 saturated carbocycles. The predicted octanol–water partition coefficient (Wildman–Crippen LogP) is 3.70. The summed E-state index contributed by atoms with van der Waals surface area (Å²) in [4.78, 5) is 4.24. The van der Waals surface area contributed by atoms with Crippen LogP contribution < -0.4 is 0 Å². The molecule has 1 heterocycles. The fraction of sp³-hybridized carbons (Fsp3) is 0. The monoisotopic (exact) mass is 204 g/mol. The number of para-hydroxylation sites is 1. The van der Waals surface area contributed by atoms with E-state index in [1.807, 2.05) is 42.5 Å². The van der Waals surface area contributed by atoms with E-state index in [9.17, 15) is 0 Å². The zero-order valence-electron chi connectivity index (χ0n) is 8.72. The summed E-state index contributed by atoms with van der Waals surface area (Å²) in [6.07, 6.45) is 2.95. The Hall–Kier alpha value is -2.15. The standard InChI is InChI=1S/C15H10N/c1-2-6-12(7-3-1)13-10-11-16-15-9-5-4-8-14(13)15/h1-10H. The molecule has 75 valence electrons. The highest BCUT2D eigenvalue weighted by molar-refractivity contribution is 5.93. The van der Waals surface area contributed by atoms with Crippen LogP contribution in [0.25, 0.3) is 22.0 Å². The minimum atomic E-state index is 0.990. The molecule has 1 radical (unpaired) electrons. The SMILES string of the molecule is [c]1cc(-c2ccccc2)c2ccccc2n1. The van der Waals surface area contributed by atoms with E-state index < -0.39 is 0 Å². The Labute approximate surface area is 94.4 Å². The van der Waals surface area contributed by atoms with Gasteiger partial charge >= 0.3 is 0 Å². The zero-order valence-corrected chi connectivity index (χ0v) is 8.72. The third-order valence-electron chi connectivity index (χ3n) is 2.67. The van der Waals surface area contributed by atoms with E-state index in [4.69, 9.17) is 0 Å².